The van der Waals surface area contributed by atoms with Crippen molar-refractivity contribution in [3.8, 4) is 0 Å². The van der Waals surface area contributed by atoms with Crippen LogP contribution in [0.15, 0.2) is 62.0 Å². The molecule has 1 aliphatic heterocycles. The molecule has 2 rings (SSSR count). The van der Waals surface area contributed by atoms with Gasteiger partial charge < -0.3 is 10.6 Å². The Kier molecular flexibility index (Phi) is 6.54. The first-order valence-electron chi connectivity index (χ1n) is 6.77. The summed E-state index contributed by atoms with van der Waals surface area (Å²) in [5.74, 6) is 0. The van der Waals surface area contributed by atoms with Crippen molar-refractivity contribution >= 4 is 12.2 Å². The predicted molar refractivity (Wildman–Crippen MR) is 90.1 cm³/mol. The third-order valence-electron chi connectivity index (χ3n) is 3.28. The number of piperidine rings is 1. The number of hydrogen-bond acceptors (Lipinski definition) is 2. The summed E-state index contributed by atoms with van der Waals surface area (Å²) < 4.78 is 0. The molecule has 106 valence electrons. The van der Waals surface area contributed by atoms with Crippen LogP contribution in [-0.4, -0.2) is 13.1 Å². The van der Waals surface area contributed by atoms with E-state index < -0.39 is 0 Å². The Morgan fingerprint density at radius 1 is 1.15 bits per heavy atom. The largest absolute Gasteiger partial charge is 0.362 e. The van der Waals surface area contributed by atoms with E-state index in [1.807, 2.05) is 43.5 Å². The molecule has 2 heteroatoms. The average Bonchev–Trinajstić information content (AvgIpc) is 2.48. The van der Waals surface area contributed by atoms with E-state index in [1.54, 1.807) is 0 Å². The summed E-state index contributed by atoms with van der Waals surface area (Å²) in [6, 6.07) is 8.44. The number of benzene rings is 1. The number of hydrogen-bond donors (Lipinski definition) is 2. The van der Waals surface area contributed by atoms with Gasteiger partial charge in [0, 0.05) is 17.4 Å². The molecular formula is C18H24N2. The van der Waals surface area contributed by atoms with Gasteiger partial charge in [0.25, 0.3) is 0 Å². The minimum Gasteiger partial charge on any atom is -0.362 e. The molecule has 2 nitrogen and oxygen atoms in total. The Bertz CT molecular complexity index is 473. The van der Waals surface area contributed by atoms with Crippen LogP contribution in [0.5, 0.6) is 0 Å². The minimum atomic E-state index is 0.422. The molecule has 0 aromatic heterocycles. The van der Waals surface area contributed by atoms with Gasteiger partial charge in [0.1, 0.15) is 0 Å². The van der Waals surface area contributed by atoms with Crippen molar-refractivity contribution in [1.29, 1.82) is 0 Å². The molecule has 2 N–H and O–H groups in total. The van der Waals surface area contributed by atoms with E-state index in [0.29, 0.717) is 6.04 Å². The van der Waals surface area contributed by atoms with Gasteiger partial charge in [-0.15, -0.1) is 0 Å². The van der Waals surface area contributed by atoms with Crippen LogP contribution in [0.25, 0.3) is 12.2 Å². The quantitative estimate of drug-likeness (QED) is 0.867. The summed E-state index contributed by atoms with van der Waals surface area (Å²) in [5, 5.41) is 6.30. The lowest BCUT2D eigenvalue weighted by atomic mass is 10.0. The van der Waals surface area contributed by atoms with Gasteiger partial charge in [0.15, 0.2) is 0 Å². The molecule has 1 unspecified atom stereocenters. The fourth-order valence-corrected chi connectivity index (χ4v) is 2.07. The molecular weight excluding hydrogens is 244 g/mol. The SMILES string of the molecule is C=C1CCC(NC)C(=C)N1.C=Cc1ccccc1C=C. The van der Waals surface area contributed by atoms with E-state index in [2.05, 4.69) is 36.9 Å². The van der Waals surface area contributed by atoms with E-state index in [0.717, 1.165) is 35.4 Å². The van der Waals surface area contributed by atoms with Gasteiger partial charge in [-0.25, -0.2) is 0 Å². The minimum absolute atomic E-state index is 0.422. The molecule has 0 radical (unpaired) electrons. The van der Waals surface area contributed by atoms with E-state index >= 15 is 0 Å². The molecule has 1 saturated heterocycles. The highest BCUT2D eigenvalue weighted by Gasteiger charge is 2.15. The highest BCUT2D eigenvalue weighted by atomic mass is 15.0. The Morgan fingerprint density at radius 3 is 2.10 bits per heavy atom. The Hall–Kier alpha value is -2.06. The monoisotopic (exact) mass is 268 g/mol. The van der Waals surface area contributed by atoms with Crippen molar-refractivity contribution in [2.45, 2.75) is 18.9 Å². The number of nitrogens with one attached hydrogen (secondary N) is 2. The highest BCUT2D eigenvalue weighted by molar-refractivity contribution is 5.63. The standard InChI is InChI=1S/C10H10.C8H14N2/c1-3-9-7-5-6-8-10(9)4-2;1-6-4-5-8(9-3)7(2)10-6/h3-8H,1-2H2;8-10H,1-2,4-5H2,3H3. The zero-order valence-electron chi connectivity index (χ0n) is 12.3. The van der Waals surface area contributed by atoms with Crippen LogP contribution >= 0.6 is 0 Å². The fraction of sp³-hybridized carbons (Fsp3) is 0.222. The van der Waals surface area contributed by atoms with Crippen molar-refractivity contribution in [2.24, 2.45) is 0 Å². The summed E-state index contributed by atoms with van der Waals surface area (Å²) in [7, 11) is 1.95. The van der Waals surface area contributed by atoms with E-state index in [1.165, 1.54) is 0 Å². The summed E-state index contributed by atoms with van der Waals surface area (Å²) in [6.07, 6.45) is 5.82. The maximum atomic E-state index is 3.88. The van der Waals surface area contributed by atoms with E-state index in [4.69, 9.17) is 0 Å². The molecule has 1 aliphatic rings. The topological polar surface area (TPSA) is 24.1 Å². The lowest BCUT2D eigenvalue weighted by molar-refractivity contribution is 0.516. The van der Waals surface area contributed by atoms with Crippen LogP contribution < -0.4 is 10.6 Å². The summed E-state index contributed by atoms with van der Waals surface area (Å²) in [5.41, 5.74) is 4.39. The second-order valence-electron chi connectivity index (χ2n) is 4.67. The molecule has 1 heterocycles. The fourth-order valence-electron chi connectivity index (χ4n) is 2.07. The number of likely N-dealkylation sites (N-methyl/N-ethyl adjacent to an activating group) is 1. The molecule has 0 aliphatic carbocycles. The van der Waals surface area contributed by atoms with Crippen molar-refractivity contribution in [3.05, 3.63) is 73.1 Å². The van der Waals surface area contributed by atoms with Crippen molar-refractivity contribution in [1.82, 2.24) is 10.6 Å². The molecule has 0 bridgehead atoms. The van der Waals surface area contributed by atoms with Gasteiger partial charge in [-0.3, -0.25) is 0 Å². The van der Waals surface area contributed by atoms with Gasteiger partial charge in [0.2, 0.25) is 0 Å². The van der Waals surface area contributed by atoms with Crippen molar-refractivity contribution < 1.29 is 0 Å². The first kappa shape index (κ1) is 16.0. The first-order chi connectivity index (χ1) is 9.62. The maximum Gasteiger partial charge on any atom is 0.0468 e. The Morgan fingerprint density at radius 2 is 1.70 bits per heavy atom. The van der Waals surface area contributed by atoms with Crippen LogP contribution in [0.4, 0.5) is 0 Å². The Balaban J connectivity index is 0.000000200. The molecule has 1 aromatic rings. The van der Waals surface area contributed by atoms with Crippen LogP contribution in [0.3, 0.4) is 0 Å². The summed E-state index contributed by atoms with van der Waals surface area (Å²) >= 11 is 0. The van der Waals surface area contributed by atoms with Crippen LogP contribution in [0.1, 0.15) is 24.0 Å². The lowest BCUT2D eigenvalue weighted by Crippen LogP contribution is -2.37. The molecule has 1 fully saturated rings. The molecule has 1 atom stereocenters. The molecule has 0 spiro atoms. The van der Waals surface area contributed by atoms with Gasteiger partial charge in [-0.1, -0.05) is 62.7 Å². The molecule has 0 saturated carbocycles. The third kappa shape index (κ3) is 4.56. The maximum absolute atomic E-state index is 3.88. The predicted octanol–water partition coefficient (Wildman–Crippen LogP) is 3.96. The molecule has 1 aromatic carbocycles. The highest BCUT2D eigenvalue weighted by Crippen LogP contribution is 2.15. The van der Waals surface area contributed by atoms with Gasteiger partial charge in [-0.2, -0.15) is 0 Å². The summed E-state index contributed by atoms with van der Waals surface area (Å²) in [4.78, 5) is 0. The van der Waals surface area contributed by atoms with Gasteiger partial charge in [-0.05, 0) is 31.0 Å². The third-order valence-corrected chi connectivity index (χ3v) is 3.28. The van der Waals surface area contributed by atoms with Crippen LogP contribution in [0.2, 0.25) is 0 Å². The van der Waals surface area contributed by atoms with Gasteiger partial charge >= 0.3 is 0 Å². The second kappa shape index (κ2) is 8.18. The lowest BCUT2D eigenvalue weighted by Gasteiger charge is -2.26. The average molecular weight is 268 g/mol. The van der Waals surface area contributed by atoms with Crippen LogP contribution in [0, 0.1) is 0 Å². The van der Waals surface area contributed by atoms with E-state index in [9.17, 15) is 0 Å². The molecule has 0 amide bonds. The smallest absolute Gasteiger partial charge is 0.0468 e. The zero-order valence-corrected chi connectivity index (χ0v) is 12.3. The second-order valence-corrected chi connectivity index (χ2v) is 4.67. The van der Waals surface area contributed by atoms with Crippen LogP contribution in [-0.2, 0) is 0 Å². The van der Waals surface area contributed by atoms with Crippen molar-refractivity contribution in [3.63, 3.8) is 0 Å². The normalized spacial score (nSPS) is 17.6. The summed E-state index contributed by atoms with van der Waals surface area (Å²) in [6.45, 7) is 15.1. The Labute approximate surface area is 122 Å². The van der Waals surface area contributed by atoms with E-state index in [-0.39, 0.29) is 0 Å². The molecule has 20 heavy (non-hydrogen) atoms. The first-order valence-corrected chi connectivity index (χ1v) is 6.77. The van der Waals surface area contributed by atoms with Crippen molar-refractivity contribution in [2.75, 3.05) is 7.05 Å². The number of allylic oxidation sites excluding steroid dienone is 1. The number of rotatable bonds is 3. The van der Waals surface area contributed by atoms with Gasteiger partial charge in [0.05, 0.1) is 0 Å². The zero-order chi connectivity index (χ0) is 15.0.